The van der Waals surface area contributed by atoms with Crippen molar-refractivity contribution in [3.63, 3.8) is 0 Å². The number of aromatic nitrogens is 4. The first-order chi connectivity index (χ1) is 15.8. The van der Waals surface area contributed by atoms with Gasteiger partial charge in [-0.25, -0.2) is 15.0 Å². The smallest absolute Gasteiger partial charge is 0.162 e. The maximum Gasteiger partial charge on any atom is 0.162 e. The van der Waals surface area contributed by atoms with E-state index in [1.807, 2.05) is 42.5 Å². The standard InChI is InChI=1S/C24H25N7O/c1-32-20-15-25-14-19-22(20)24(28-13-18-8-5-10-26-18)31-23(30-19)16-9-11-27-21(12-16)29-17-6-3-2-4-7-17/h2-4,6-7,9,11-12,14-15,18,26H,5,8,10,13H2,1H3,(H,27,29)(H,28,30,31)/t18-/m0/s1. The fourth-order valence-corrected chi connectivity index (χ4v) is 3.92. The van der Waals surface area contributed by atoms with Gasteiger partial charge in [0, 0.05) is 30.0 Å². The Labute approximate surface area is 186 Å². The predicted octanol–water partition coefficient (Wildman–Crippen LogP) is 4.00. The topological polar surface area (TPSA) is 96.9 Å². The highest BCUT2D eigenvalue weighted by atomic mass is 16.5. The molecule has 3 N–H and O–H groups in total. The highest BCUT2D eigenvalue weighted by Crippen LogP contribution is 2.32. The zero-order valence-electron chi connectivity index (χ0n) is 17.9. The van der Waals surface area contributed by atoms with Crippen LogP contribution in [0.25, 0.3) is 22.3 Å². The van der Waals surface area contributed by atoms with Crippen LogP contribution >= 0.6 is 0 Å². The Morgan fingerprint density at radius 1 is 1.12 bits per heavy atom. The zero-order valence-corrected chi connectivity index (χ0v) is 17.9. The van der Waals surface area contributed by atoms with Gasteiger partial charge < -0.3 is 20.7 Å². The van der Waals surface area contributed by atoms with Crippen molar-refractivity contribution in [1.29, 1.82) is 0 Å². The van der Waals surface area contributed by atoms with E-state index in [-0.39, 0.29) is 0 Å². The molecule has 4 heterocycles. The van der Waals surface area contributed by atoms with Gasteiger partial charge in [0.2, 0.25) is 0 Å². The van der Waals surface area contributed by atoms with Gasteiger partial charge in [0.25, 0.3) is 0 Å². The van der Waals surface area contributed by atoms with Gasteiger partial charge in [-0.3, -0.25) is 4.98 Å². The molecule has 4 aromatic rings. The largest absolute Gasteiger partial charge is 0.494 e. The Morgan fingerprint density at radius 2 is 2.03 bits per heavy atom. The Hall–Kier alpha value is -3.78. The number of hydrogen-bond donors (Lipinski definition) is 3. The van der Waals surface area contributed by atoms with Gasteiger partial charge in [0.05, 0.1) is 30.4 Å². The molecule has 0 amide bonds. The molecule has 162 valence electrons. The second-order valence-corrected chi connectivity index (χ2v) is 7.73. The maximum absolute atomic E-state index is 5.55. The van der Waals surface area contributed by atoms with Crippen molar-refractivity contribution < 1.29 is 4.74 Å². The number of para-hydroxylation sites is 1. The molecule has 1 atom stereocenters. The van der Waals surface area contributed by atoms with E-state index in [1.165, 1.54) is 6.42 Å². The van der Waals surface area contributed by atoms with Crippen molar-refractivity contribution in [2.24, 2.45) is 0 Å². The number of nitrogens with one attached hydrogen (secondary N) is 3. The van der Waals surface area contributed by atoms with Crippen LogP contribution in [-0.2, 0) is 0 Å². The van der Waals surface area contributed by atoms with Crippen LogP contribution in [0.3, 0.4) is 0 Å². The summed E-state index contributed by atoms with van der Waals surface area (Å²) in [6, 6.07) is 14.2. The molecule has 0 radical (unpaired) electrons. The molecule has 1 aromatic carbocycles. The van der Waals surface area contributed by atoms with Gasteiger partial charge in [-0.1, -0.05) is 18.2 Å². The lowest BCUT2D eigenvalue weighted by molar-refractivity contribution is 0.418. The molecular formula is C24H25N7O. The minimum absolute atomic E-state index is 0.430. The van der Waals surface area contributed by atoms with Gasteiger partial charge in [0.1, 0.15) is 17.4 Å². The van der Waals surface area contributed by atoms with Crippen LogP contribution in [0.5, 0.6) is 5.75 Å². The van der Waals surface area contributed by atoms with Crippen molar-refractivity contribution in [3.05, 3.63) is 61.1 Å². The fourth-order valence-electron chi connectivity index (χ4n) is 3.92. The molecule has 1 fully saturated rings. The quantitative estimate of drug-likeness (QED) is 0.407. The van der Waals surface area contributed by atoms with Gasteiger partial charge in [-0.2, -0.15) is 0 Å². The van der Waals surface area contributed by atoms with Crippen molar-refractivity contribution in [2.45, 2.75) is 18.9 Å². The van der Waals surface area contributed by atoms with Crippen molar-refractivity contribution in [3.8, 4) is 17.1 Å². The summed E-state index contributed by atoms with van der Waals surface area (Å²) in [5, 5.41) is 11.2. The molecule has 32 heavy (non-hydrogen) atoms. The molecule has 0 unspecified atom stereocenters. The summed E-state index contributed by atoms with van der Waals surface area (Å²) in [4.78, 5) is 18.4. The van der Waals surface area contributed by atoms with Crippen LogP contribution < -0.4 is 20.7 Å². The summed E-state index contributed by atoms with van der Waals surface area (Å²) in [7, 11) is 1.64. The lowest BCUT2D eigenvalue weighted by Crippen LogP contribution is -2.29. The second-order valence-electron chi connectivity index (χ2n) is 7.73. The number of ether oxygens (including phenoxy) is 1. The normalized spacial score (nSPS) is 15.6. The molecule has 0 bridgehead atoms. The molecule has 1 aliphatic rings. The zero-order chi connectivity index (χ0) is 21.8. The third-order valence-corrected chi connectivity index (χ3v) is 5.53. The minimum atomic E-state index is 0.430. The molecule has 8 heteroatoms. The summed E-state index contributed by atoms with van der Waals surface area (Å²) in [5.74, 6) is 2.73. The minimum Gasteiger partial charge on any atom is -0.494 e. The average Bonchev–Trinajstić information content (AvgIpc) is 3.36. The van der Waals surface area contributed by atoms with Crippen LogP contribution in [0.4, 0.5) is 17.3 Å². The van der Waals surface area contributed by atoms with E-state index in [1.54, 1.807) is 25.7 Å². The molecule has 5 rings (SSSR count). The summed E-state index contributed by atoms with van der Waals surface area (Å²) in [6.07, 6.45) is 7.54. The third-order valence-electron chi connectivity index (χ3n) is 5.53. The Balaban J connectivity index is 1.51. The van der Waals surface area contributed by atoms with Crippen LogP contribution in [0, 0.1) is 0 Å². The predicted molar refractivity (Wildman–Crippen MR) is 126 cm³/mol. The molecule has 0 spiro atoms. The van der Waals surface area contributed by atoms with Crippen LogP contribution in [0.1, 0.15) is 12.8 Å². The van der Waals surface area contributed by atoms with Crippen molar-refractivity contribution in [1.82, 2.24) is 25.3 Å². The van der Waals surface area contributed by atoms with E-state index >= 15 is 0 Å². The SMILES string of the molecule is COc1cncc2nc(-c3ccnc(Nc4ccccc4)c3)nc(NC[C@@H]3CCCN3)c12. The first kappa shape index (κ1) is 20.1. The van der Waals surface area contributed by atoms with Crippen LogP contribution in [-0.4, -0.2) is 46.2 Å². The molecule has 0 saturated carbocycles. The number of pyridine rings is 2. The number of rotatable bonds is 7. The number of anilines is 3. The summed E-state index contributed by atoms with van der Waals surface area (Å²) >= 11 is 0. The van der Waals surface area contributed by atoms with E-state index in [4.69, 9.17) is 14.7 Å². The van der Waals surface area contributed by atoms with Crippen molar-refractivity contribution >= 4 is 28.2 Å². The van der Waals surface area contributed by atoms with Gasteiger partial charge in [-0.05, 0) is 43.7 Å². The first-order valence-corrected chi connectivity index (χ1v) is 10.8. The van der Waals surface area contributed by atoms with E-state index in [9.17, 15) is 0 Å². The van der Waals surface area contributed by atoms with E-state index in [0.29, 0.717) is 17.6 Å². The lowest BCUT2D eigenvalue weighted by Gasteiger charge is -2.16. The average molecular weight is 428 g/mol. The highest BCUT2D eigenvalue weighted by molar-refractivity contribution is 5.95. The van der Waals surface area contributed by atoms with Crippen LogP contribution in [0.2, 0.25) is 0 Å². The van der Waals surface area contributed by atoms with Crippen LogP contribution in [0.15, 0.2) is 61.1 Å². The Kier molecular flexibility index (Phi) is 5.76. The summed E-state index contributed by atoms with van der Waals surface area (Å²) in [5.41, 5.74) is 2.56. The van der Waals surface area contributed by atoms with E-state index in [0.717, 1.165) is 53.3 Å². The number of benzene rings is 1. The second kappa shape index (κ2) is 9.15. The monoisotopic (exact) mass is 427 g/mol. The number of nitrogens with zero attached hydrogens (tertiary/aromatic N) is 4. The molecule has 1 saturated heterocycles. The highest BCUT2D eigenvalue weighted by Gasteiger charge is 2.18. The molecule has 8 nitrogen and oxygen atoms in total. The number of hydrogen-bond acceptors (Lipinski definition) is 8. The number of methoxy groups -OCH3 is 1. The van der Waals surface area contributed by atoms with E-state index in [2.05, 4.69) is 25.9 Å². The van der Waals surface area contributed by atoms with Crippen molar-refractivity contribution in [2.75, 3.05) is 30.8 Å². The van der Waals surface area contributed by atoms with Gasteiger partial charge >= 0.3 is 0 Å². The number of fused-ring (bicyclic) bond motifs is 1. The summed E-state index contributed by atoms with van der Waals surface area (Å²) < 4.78 is 5.55. The molecule has 1 aliphatic heterocycles. The molecule has 3 aromatic heterocycles. The Morgan fingerprint density at radius 3 is 2.84 bits per heavy atom. The third kappa shape index (κ3) is 4.31. The Bertz CT molecular complexity index is 1210. The maximum atomic E-state index is 5.55. The fraction of sp³-hybridized carbons (Fsp3) is 0.250. The van der Waals surface area contributed by atoms with E-state index < -0.39 is 0 Å². The van der Waals surface area contributed by atoms with Gasteiger partial charge in [-0.15, -0.1) is 0 Å². The molecular weight excluding hydrogens is 402 g/mol. The lowest BCUT2D eigenvalue weighted by atomic mass is 10.2. The van der Waals surface area contributed by atoms with Gasteiger partial charge in [0.15, 0.2) is 5.82 Å². The summed E-state index contributed by atoms with van der Waals surface area (Å²) in [6.45, 7) is 1.84. The molecule has 0 aliphatic carbocycles. The first-order valence-electron chi connectivity index (χ1n) is 10.8.